The van der Waals surface area contributed by atoms with E-state index in [4.69, 9.17) is 5.14 Å². The number of nitrogens with two attached hydrogens (primary N) is 1. The van der Waals surface area contributed by atoms with Crippen LogP contribution in [0.5, 0.6) is 0 Å². The fourth-order valence-corrected chi connectivity index (χ4v) is 2.59. The van der Waals surface area contributed by atoms with Gasteiger partial charge < -0.3 is 5.32 Å². The van der Waals surface area contributed by atoms with Gasteiger partial charge in [-0.3, -0.25) is 4.79 Å². The molecule has 0 unspecified atom stereocenters. The second kappa shape index (κ2) is 6.11. The molecular weight excluding hydrogens is 382 g/mol. The van der Waals surface area contributed by atoms with Gasteiger partial charge in [0, 0.05) is 16.2 Å². The molecule has 0 aromatic heterocycles. The van der Waals surface area contributed by atoms with Crippen molar-refractivity contribution in [1.29, 1.82) is 0 Å². The van der Waals surface area contributed by atoms with Crippen molar-refractivity contribution in [2.45, 2.75) is 4.90 Å². The Kier molecular flexibility index (Phi) is 4.59. The SMILES string of the molecule is NS(=O)(=O)c1ccc(Br)c(C(=O)Nc2ccc(F)c(F)c2)c1. The van der Waals surface area contributed by atoms with E-state index in [2.05, 4.69) is 21.2 Å². The third-order valence-electron chi connectivity index (χ3n) is 2.69. The van der Waals surface area contributed by atoms with Crippen LogP contribution in [-0.2, 0) is 10.0 Å². The van der Waals surface area contributed by atoms with Crippen molar-refractivity contribution < 1.29 is 22.0 Å². The van der Waals surface area contributed by atoms with E-state index < -0.39 is 27.6 Å². The van der Waals surface area contributed by atoms with Gasteiger partial charge in [0.1, 0.15) is 0 Å². The number of benzene rings is 2. The molecule has 0 atom stereocenters. The summed E-state index contributed by atoms with van der Waals surface area (Å²) in [5, 5.41) is 7.33. The Morgan fingerprint density at radius 2 is 1.77 bits per heavy atom. The summed E-state index contributed by atoms with van der Waals surface area (Å²) >= 11 is 3.11. The summed E-state index contributed by atoms with van der Waals surface area (Å²) in [6.45, 7) is 0. The second-order valence-corrected chi connectivity index (χ2v) is 6.69. The number of hydrogen-bond acceptors (Lipinski definition) is 3. The topological polar surface area (TPSA) is 89.3 Å². The minimum Gasteiger partial charge on any atom is -0.322 e. The Hall–Kier alpha value is -1.84. The first-order valence-electron chi connectivity index (χ1n) is 5.77. The van der Waals surface area contributed by atoms with Crippen LogP contribution >= 0.6 is 15.9 Å². The number of nitrogens with one attached hydrogen (secondary N) is 1. The van der Waals surface area contributed by atoms with Crippen molar-refractivity contribution >= 4 is 37.5 Å². The Labute approximate surface area is 133 Å². The predicted molar refractivity (Wildman–Crippen MR) is 79.8 cm³/mol. The monoisotopic (exact) mass is 390 g/mol. The highest BCUT2D eigenvalue weighted by atomic mass is 79.9. The zero-order valence-corrected chi connectivity index (χ0v) is 13.2. The van der Waals surface area contributed by atoms with Crippen molar-refractivity contribution in [1.82, 2.24) is 0 Å². The van der Waals surface area contributed by atoms with Crippen LogP contribution in [0.3, 0.4) is 0 Å². The lowest BCUT2D eigenvalue weighted by atomic mass is 10.2. The smallest absolute Gasteiger partial charge is 0.256 e. The minimum atomic E-state index is -3.97. The van der Waals surface area contributed by atoms with Crippen molar-refractivity contribution in [3.63, 3.8) is 0 Å². The standard InChI is InChI=1S/C13H9BrF2N2O3S/c14-10-3-2-8(22(17,20)21)6-9(10)13(19)18-7-1-4-11(15)12(16)5-7/h1-6H,(H,18,19)(H2,17,20,21). The van der Waals surface area contributed by atoms with E-state index in [0.717, 1.165) is 18.2 Å². The maximum absolute atomic E-state index is 13.1. The highest BCUT2D eigenvalue weighted by Gasteiger charge is 2.16. The van der Waals surface area contributed by atoms with E-state index in [9.17, 15) is 22.0 Å². The molecule has 5 nitrogen and oxygen atoms in total. The van der Waals surface area contributed by atoms with Gasteiger partial charge in [0.2, 0.25) is 10.0 Å². The molecule has 0 spiro atoms. The van der Waals surface area contributed by atoms with Gasteiger partial charge in [-0.05, 0) is 46.3 Å². The van der Waals surface area contributed by atoms with E-state index in [1.54, 1.807) is 0 Å². The molecular formula is C13H9BrF2N2O3S. The van der Waals surface area contributed by atoms with Crippen LogP contribution in [0.4, 0.5) is 14.5 Å². The lowest BCUT2D eigenvalue weighted by molar-refractivity contribution is 0.102. The Morgan fingerprint density at radius 3 is 2.36 bits per heavy atom. The van der Waals surface area contributed by atoms with Crippen LogP contribution in [0, 0.1) is 11.6 Å². The number of primary sulfonamides is 1. The van der Waals surface area contributed by atoms with Crippen LogP contribution in [-0.4, -0.2) is 14.3 Å². The first kappa shape index (κ1) is 16.5. The van der Waals surface area contributed by atoms with Crippen LogP contribution in [0.25, 0.3) is 0 Å². The third kappa shape index (κ3) is 3.67. The van der Waals surface area contributed by atoms with Gasteiger partial charge in [-0.15, -0.1) is 0 Å². The maximum Gasteiger partial charge on any atom is 0.256 e. The van der Waals surface area contributed by atoms with Gasteiger partial charge in [-0.1, -0.05) is 0 Å². The minimum absolute atomic E-state index is 0.0174. The summed E-state index contributed by atoms with van der Waals surface area (Å²) in [5.41, 5.74) is 0.00747. The molecule has 22 heavy (non-hydrogen) atoms. The number of sulfonamides is 1. The molecule has 0 fully saturated rings. The molecule has 1 amide bonds. The normalized spacial score (nSPS) is 11.3. The first-order chi connectivity index (χ1) is 10.2. The number of anilines is 1. The van der Waals surface area contributed by atoms with Gasteiger partial charge in [0.05, 0.1) is 10.5 Å². The molecule has 116 valence electrons. The van der Waals surface area contributed by atoms with Crippen LogP contribution in [0.15, 0.2) is 45.8 Å². The van der Waals surface area contributed by atoms with E-state index in [1.165, 1.54) is 18.2 Å². The molecule has 2 rings (SSSR count). The molecule has 0 aliphatic carbocycles. The molecule has 3 N–H and O–H groups in total. The zero-order valence-electron chi connectivity index (χ0n) is 10.8. The Morgan fingerprint density at radius 1 is 1.09 bits per heavy atom. The summed E-state index contributed by atoms with van der Waals surface area (Å²) in [6.07, 6.45) is 0. The molecule has 0 radical (unpaired) electrons. The van der Waals surface area contributed by atoms with E-state index in [1.807, 2.05) is 0 Å². The molecule has 0 heterocycles. The molecule has 2 aromatic rings. The highest BCUT2D eigenvalue weighted by Crippen LogP contribution is 2.22. The number of halogens is 3. The lowest BCUT2D eigenvalue weighted by Crippen LogP contribution is -2.16. The fraction of sp³-hybridized carbons (Fsp3) is 0. The molecule has 0 aliphatic rings. The molecule has 9 heteroatoms. The summed E-state index contributed by atoms with van der Waals surface area (Å²) in [7, 11) is -3.97. The molecule has 0 bridgehead atoms. The predicted octanol–water partition coefficient (Wildman–Crippen LogP) is 2.63. The lowest BCUT2D eigenvalue weighted by Gasteiger charge is -2.08. The van der Waals surface area contributed by atoms with Crippen LogP contribution in [0.2, 0.25) is 0 Å². The van der Waals surface area contributed by atoms with Crippen molar-refractivity contribution in [2.24, 2.45) is 5.14 Å². The van der Waals surface area contributed by atoms with Gasteiger partial charge in [0.15, 0.2) is 11.6 Å². The third-order valence-corrected chi connectivity index (χ3v) is 4.29. The largest absolute Gasteiger partial charge is 0.322 e. The summed E-state index contributed by atoms with van der Waals surface area (Å²) in [6, 6.07) is 6.50. The highest BCUT2D eigenvalue weighted by molar-refractivity contribution is 9.10. The number of carbonyl (C=O) groups excluding carboxylic acids is 1. The quantitative estimate of drug-likeness (QED) is 0.843. The number of rotatable bonds is 3. The van der Waals surface area contributed by atoms with Crippen LogP contribution < -0.4 is 10.5 Å². The number of hydrogen-bond donors (Lipinski definition) is 2. The van der Waals surface area contributed by atoms with Crippen molar-refractivity contribution in [2.75, 3.05) is 5.32 Å². The number of amides is 1. The average molecular weight is 391 g/mol. The molecule has 0 saturated heterocycles. The Bertz CT molecular complexity index is 856. The first-order valence-corrected chi connectivity index (χ1v) is 8.11. The summed E-state index contributed by atoms with van der Waals surface area (Å²) in [4.78, 5) is 11.9. The van der Waals surface area contributed by atoms with E-state index in [-0.39, 0.29) is 16.1 Å². The van der Waals surface area contributed by atoms with Gasteiger partial charge in [0.25, 0.3) is 5.91 Å². The van der Waals surface area contributed by atoms with Crippen molar-refractivity contribution in [3.8, 4) is 0 Å². The zero-order chi connectivity index (χ0) is 16.5. The van der Waals surface area contributed by atoms with Gasteiger partial charge in [-0.25, -0.2) is 22.3 Å². The van der Waals surface area contributed by atoms with Gasteiger partial charge in [-0.2, -0.15) is 0 Å². The average Bonchev–Trinajstić information content (AvgIpc) is 2.42. The molecule has 0 aliphatic heterocycles. The maximum atomic E-state index is 13.1. The van der Waals surface area contributed by atoms with Gasteiger partial charge >= 0.3 is 0 Å². The van der Waals surface area contributed by atoms with Crippen molar-refractivity contribution in [3.05, 3.63) is 58.1 Å². The van der Waals surface area contributed by atoms with E-state index >= 15 is 0 Å². The summed E-state index contributed by atoms with van der Waals surface area (Å²) < 4.78 is 48.8. The molecule has 0 saturated carbocycles. The van der Waals surface area contributed by atoms with E-state index in [0.29, 0.717) is 4.47 Å². The Balaban J connectivity index is 2.35. The second-order valence-electron chi connectivity index (χ2n) is 4.27. The number of carbonyl (C=O) groups is 1. The fourth-order valence-electron chi connectivity index (χ4n) is 1.63. The molecule has 2 aromatic carbocycles. The van der Waals surface area contributed by atoms with Crippen LogP contribution in [0.1, 0.15) is 10.4 Å². The summed E-state index contributed by atoms with van der Waals surface area (Å²) in [5.74, 6) is -2.87.